The number of hydrogen-bond donors (Lipinski definition) is 2. The normalized spacial score (nSPS) is 14.7. The SMILES string of the molecule is CC(C)N1CCN(Cc2cnc(-c3ccc(C(=O)Nc4ccccc4NC(=O)OC(C)(C)C)cc3)c(F)c2)CC1. The Balaban J connectivity index is 1.38. The number of ether oxygens (including phenoxy) is 1. The van der Waals surface area contributed by atoms with Crippen LogP contribution in [-0.2, 0) is 11.3 Å². The first-order valence-corrected chi connectivity index (χ1v) is 13.6. The Morgan fingerprint density at radius 1 is 0.975 bits per heavy atom. The maximum atomic E-state index is 15.0. The lowest BCUT2D eigenvalue weighted by atomic mass is 10.1. The molecule has 2 aromatic carbocycles. The fourth-order valence-corrected chi connectivity index (χ4v) is 4.56. The van der Waals surface area contributed by atoms with Crippen LogP contribution in [0.3, 0.4) is 0 Å². The minimum atomic E-state index is -0.651. The highest BCUT2D eigenvalue weighted by Crippen LogP contribution is 2.25. The molecule has 0 spiro atoms. The van der Waals surface area contributed by atoms with Crippen molar-refractivity contribution < 1.29 is 18.7 Å². The van der Waals surface area contributed by atoms with Gasteiger partial charge in [0.1, 0.15) is 17.1 Å². The summed E-state index contributed by atoms with van der Waals surface area (Å²) in [5.74, 6) is -0.760. The third-order valence-corrected chi connectivity index (χ3v) is 6.67. The van der Waals surface area contributed by atoms with Crippen LogP contribution in [0.5, 0.6) is 0 Å². The topological polar surface area (TPSA) is 86.8 Å². The fourth-order valence-electron chi connectivity index (χ4n) is 4.56. The second kappa shape index (κ2) is 12.6. The minimum absolute atomic E-state index is 0.243. The van der Waals surface area contributed by atoms with Crippen LogP contribution in [0.1, 0.15) is 50.5 Å². The molecule has 1 aliphatic heterocycles. The number of amides is 2. The summed E-state index contributed by atoms with van der Waals surface area (Å²) in [6, 6.07) is 15.5. The van der Waals surface area contributed by atoms with Gasteiger partial charge >= 0.3 is 6.09 Å². The third kappa shape index (κ3) is 7.86. The second-order valence-corrected chi connectivity index (χ2v) is 11.3. The van der Waals surface area contributed by atoms with E-state index in [1.165, 1.54) is 0 Å². The minimum Gasteiger partial charge on any atom is -0.444 e. The zero-order valence-corrected chi connectivity index (χ0v) is 23.8. The summed E-state index contributed by atoms with van der Waals surface area (Å²) >= 11 is 0. The lowest BCUT2D eigenvalue weighted by molar-refractivity contribution is 0.0635. The number of para-hydroxylation sites is 2. The van der Waals surface area contributed by atoms with E-state index in [-0.39, 0.29) is 11.6 Å². The van der Waals surface area contributed by atoms with Crippen molar-refractivity contribution in [3.8, 4) is 11.3 Å². The van der Waals surface area contributed by atoms with Crippen molar-refractivity contribution >= 4 is 23.4 Å². The molecule has 0 atom stereocenters. The van der Waals surface area contributed by atoms with Crippen molar-refractivity contribution in [2.45, 2.75) is 52.8 Å². The number of nitrogens with one attached hydrogen (secondary N) is 2. The molecule has 0 bridgehead atoms. The van der Waals surface area contributed by atoms with Crippen LogP contribution in [0.2, 0.25) is 0 Å². The second-order valence-electron chi connectivity index (χ2n) is 11.3. The van der Waals surface area contributed by atoms with Crippen LogP contribution < -0.4 is 10.6 Å². The predicted molar refractivity (Wildman–Crippen MR) is 156 cm³/mol. The van der Waals surface area contributed by atoms with Gasteiger partial charge in [0, 0.05) is 56.1 Å². The zero-order chi connectivity index (χ0) is 28.9. The number of nitrogens with zero attached hydrogens (tertiary/aromatic N) is 3. The van der Waals surface area contributed by atoms with E-state index in [0.29, 0.717) is 35.1 Å². The molecule has 1 saturated heterocycles. The number of carbonyl (C=O) groups excluding carboxylic acids is 2. The molecule has 2 heterocycles. The molecule has 1 aromatic heterocycles. The van der Waals surface area contributed by atoms with Crippen LogP contribution in [0, 0.1) is 5.82 Å². The van der Waals surface area contributed by atoms with E-state index >= 15 is 4.39 Å². The smallest absolute Gasteiger partial charge is 0.412 e. The summed E-state index contributed by atoms with van der Waals surface area (Å²) in [5, 5.41) is 5.48. The third-order valence-electron chi connectivity index (χ3n) is 6.67. The first-order chi connectivity index (χ1) is 19.0. The van der Waals surface area contributed by atoms with Gasteiger partial charge in [0.15, 0.2) is 0 Å². The summed E-state index contributed by atoms with van der Waals surface area (Å²) in [6.07, 6.45) is 1.11. The van der Waals surface area contributed by atoms with Crippen LogP contribution in [0.4, 0.5) is 20.6 Å². The highest BCUT2D eigenvalue weighted by Gasteiger charge is 2.20. The molecular weight excluding hydrogens is 509 g/mol. The van der Waals surface area contributed by atoms with Crippen molar-refractivity contribution in [3.63, 3.8) is 0 Å². The Kier molecular flexibility index (Phi) is 9.17. The highest BCUT2D eigenvalue weighted by molar-refractivity contribution is 6.07. The Bertz CT molecular complexity index is 1330. The van der Waals surface area contributed by atoms with E-state index in [4.69, 9.17) is 4.74 Å². The first kappa shape index (κ1) is 29.2. The van der Waals surface area contributed by atoms with E-state index in [0.717, 1.165) is 31.7 Å². The molecular formula is C31H38FN5O3. The first-order valence-electron chi connectivity index (χ1n) is 13.6. The standard InChI is InChI=1S/C31H38FN5O3/c1-21(2)37-16-14-36(15-17-37)20-22-18-25(32)28(33-19-22)23-10-12-24(13-11-23)29(38)34-26-8-6-7-9-27(26)35-30(39)40-31(3,4)5/h6-13,18-19,21H,14-17,20H2,1-5H3,(H,34,38)(H,35,39). The highest BCUT2D eigenvalue weighted by atomic mass is 19.1. The number of anilines is 2. The van der Waals surface area contributed by atoms with Crippen molar-refractivity contribution in [1.82, 2.24) is 14.8 Å². The molecule has 0 saturated carbocycles. The number of hydrogen-bond acceptors (Lipinski definition) is 6. The Morgan fingerprint density at radius 3 is 2.17 bits per heavy atom. The van der Waals surface area contributed by atoms with Crippen molar-refractivity contribution in [2.24, 2.45) is 0 Å². The van der Waals surface area contributed by atoms with E-state index in [2.05, 4.69) is 39.3 Å². The van der Waals surface area contributed by atoms with Gasteiger partial charge in [-0.05, 0) is 70.5 Å². The van der Waals surface area contributed by atoms with Crippen molar-refractivity contribution in [3.05, 3.63) is 77.7 Å². The van der Waals surface area contributed by atoms with Gasteiger partial charge < -0.3 is 10.1 Å². The summed E-state index contributed by atoms with van der Waals surface area (Å²) in [6.45, 7) is 14.3. The van der Waals surface area contributed by atoms with Crippen LogP contribution in [0.25, 0.3) is 11.3 Å². The Hall–Kier alpha value is -3.82. The van der Waals surface area contributed by atoms with Gasteiger partial charge in [-0.3, -0.25) is 24.9 Å². The molecule has 1 aliphatic rings. The zero-order valence-electron chi connectivity index (χ0n) is 23.8. The number of aromatic nitrogens is 1. The van der Waals surface area contributed by atoms with Crippen LogP contribution >= 0.6 is 0 Å². The van der Waals surface area contributed by atoms with Crippen molar-refractivity contribution in [1.29, 1.82) is 0 Å². The van der Waals surface area contributed by atoms with Gasteiger partial charge in [-0.2, -0.15) is 0 Å². The number of piperazine rings is 1. The molecule has 8 nitrogen and oxygen atoms in total. The molecule has 3 aromatic rings. The maximum absolute atomic E-state index is 15.0. The molecule has 212 valence electrons. The molecule has 1 fully saturated rings. The largest absolute Gasteiger partial charge is 0.444 e. The van der Waals surface area contributed by atoms with Gasteiger partial charge in [0.25, 0.3) is 5.91 Å². The quantitative estimate of drug-likeness (QED) is 0.377. The number of halogens is 1. The van der Waals surface area contributed by atoms with Gasteiger partial charge in [-0.25, -0.2) is 9.18 Å². The maximum Gasteiger partial charge on any atom is 0.412 e. The predicted octanol–water partition coefficient (Wildman–Crippen LogP) is 6.01. The molecule has 9 heteroatoms. The van der Waals surface area contributed by atoms with E-state index in [1.807, 2.05) is 0 Å². The van der Waals surface area contributed by atoms with Gasteiger partial charge in [-0.1, -0.05) is 24.3 Å². The molecule has 0 aliphatic carbocycles. The lowest BCUT2D eigenvalue weighted by Crippen LogP contribution is -2.48. The number of rotatable bonds is 7. The van der Waals surface area contributed by atoms with Crippen LogP contribution in [-0.4, -0.2) is 64.6 Å². The Morgan fingerprint density at radius 2 is 1.60 bits per heavy atom. The average Bonchev–Trinajstić information content (AvgIpc) is 2.89. The number of pyridine rings is 1. The monoisotopic (exact) mass is 547 g/mol. The van der Waals surface area contributed by atoms with Crippen LogP contribution in [0.15, 0.2) is 60.8 Å². The molecule has 0 unspecified atom stereocenters. The average molecular weight is 548 g/mol. The van der Waals surface area contributed by atoms with Gasteiger partial charge in [0.2, 0.25) is 0 Å². The molecule has 40 heavy (non-hydrogen) atoms. The molecule has 0 radical (unpaired) electrons. The van der Waals surface area contributed by atoms with E-state index in [1.54, 1.807) is 81.6 Å². The summed E-state index contributed by atoms with van der Waals surface area (Å²) in [5.41, 5.74) is 2.24. The van der Waals surface area contributed by atoms with Gasteiger partial charge in [0.05, 0.1) is 11.4 Å². The Labute approximate surface area is 235 Å². The summed E-state index contributed by atoms with van der Waals surface area (Å²) in [4.78, 5) is 34.3. The fraction of sp³-hybridized carbons (Fsp3) is 0.387. The van der Waals surface area contributed by atoms with E-state index in [9.17, 15) is 9.59 Å². The summed E-state index contributed by atoms with van der Waals surface area (Å²) in [7, 11) is 0. The van der Waals surface area contributed by atoms with Crippen molar-refractivity contribution in [2.75, 3.05) is 36.8 Å². The number of benzene rings is 2. The summed E-state index contributed by atoms with van der Waals surface area (Å²) < 4.78 is 20.3. The molecule has 2 N–H and O–H groups in total. The van der Waals surface area contributed by atoms with E-state index < -0.39 is 17.5 Å². The molecule has 4 rings (SSSR count). The number of carbonyl (C=O) groups is 2. The lowest BCUT2D eigenvalue weighted by Gasteiger charge is -2.36. The molecule has 2 amide bonds. The van der Waals surface area contributed by atoms with Gasteiger partial charge in [-0.15, -0.1) is 0 Å².